The monoisotopic (exact) mass is 824 g/mol. The van der Waals surface area contributed by atoms with Crippen molar-refractivity contribution < 1.29 is 28.3 Å². The van der Waals surface area contributed by atoms with Gasteiger partial charge in [0.15, 0.2) is 6.35 Å². The van der Waals surface area contributed by atoms with E-state index in [2.05, 4.69) is 41.6 Å². The molecule has 1 heterocycles. The molecule has 10 nitrogen and oxygen atoms in total. The number of hydrogen-bond acceptors (Lipinski definition) is 10. The fourth-order valence-electron chi connectivity index (χ4n) is 4.97. The van der Waals surface area contributed by atoms with E-state index in [-0.39, 0.29) is 36.8 Å². The summed E-state index contributed by atoms with van der Waals surface area (Å²) < 4.78 is 25.4. The summed E-state index contributed by atoms with van der Waals surface area (Å²) in [5.41, 5.74) is 6.39. The van der Waals surface area contributed by atoms with Gasteiger partial charge in [-0.1, -0.05) is 101 Å². The molecule has 0 saturated heterocycles. The third-order valence-corrected chi connectivity index (χ3v) is 11.5. The average molecular weight is 826 g/mol. The summed E-state index contributed by atoms with van der Waals surface area (Å²) in [7, 11) is -1.13. The van der Waals surface area contributed by atoms with Crippen LogP contribution in [0.3, 0.4) is 0 Å². The Hall–Kier alpha value is -3.18. The largest absolute Gasteiger partial charge is 0.484 e. The minimum Gasteiger partial charge on any atom is -0.484 e. The number of carbonyl (C=O) groups excluding carboxylic acids is 2. The van der Waals surface area contributed by atoms with Crippen LogP contribution in [0.5, 0.6) is 11.5 Å². The van der Waals surface area contributed by atoms with Gasteiger partial charge in [-0.15, -0.1) is 11.6 Å². The first kappa shape index (κ1) is 48.8. The van der Waals surface area contributed by atoms with E-state index in [1.807, 2.05) is 88.4 Å². The molecule has 54 heavy (non-hydrogen) atoms. The van der Waals surface area contributed by atoms with E-state index in [1.54, 1.807) is 25.6 Å². The number of carbonyl (C=O) groups is 2. The lowest BCUT2D eigenvalue weighted by Crippen LogP contribution is -2.36. The number of nitrogens with one attached hydrogen (secondary N) is 1. The number of aromatic nitrogens is 2. The van der Waals surface area contributed by atoms with Crippen LogP contribution in [0.15, 0.2) is 82.2 Å². The molecule has 3 N–H and O–H groups in total. The quantitative estimate of drug-likeness (QED) is 0.0352. The molecule has 3 unspecified atom stereocenters. The van der Waals surface area contributed by atoms with Crippen molar-refractivity contribution in [2.45, 2.75) is 104 Å². The van der Waals surface area contributed by atoms with Crippen LogP contribution in [0.4, 0.5) is 0 Å². The number of hydrogen-bond donors (Lipinski definition) is 2. The van der Waals surface area contributed by atoms with Crippen molar-refractivity contribution in [2.24, 2.45) is 5.73 Å². The Bertz CT molecular complexity index is 1650. The van der Waals surface area contributed by atoms with Crippen LogP contribution in [0, 0.1) is 0 Å². The van der Waals surface area contributed by atoms with Crippen LogP contribution in [-0.4, -0.2) is 59.2 Å². The number of alkyl halides is 1. The summed E-state index contributed by atoms with van der Waals surface area (Å²) in [6.45, 7) is 20.7. The Morgan fingerprint density at radius 2 is 1.72 bits per heavy atom. The molecule has 0 aliphatic rings. The number of ether oxygens (including phenoxy) is 3. The van der Waals surface area contributed by atoms with Crippen LogP contribution in [0.1, 0.15) is 91.2 Å². The molecule has 0 bridgehead atoms. The lowest BCUT2D eigenvalue weighted by atomic mass is 10.1. The van der Waals surface area contributed by atoms with Crippen LogP contribution in [0.25, 0.3) is 0 Å². The van der Waals surface area contributed by atoms with Gasteiger partial charge in [-0.25, -0.2) is 4.98 Å². The van der Waals surface area contributed by atoms with Gasteiger partial charge in [0.25, 0.3) is 6.47 Å². The van der Waals surface area contributed by atoms with Gasteiger partial charge in [0.05, 0.1) is 17.7 Å². The number of rotatable bonds is 21. The van der Waals surface area contributed by atoms with E-state index in [9.17, 15) is 9.59 Å². The Morgan fingerprint density at radius 3 is 2.28 bits per heavy atom. The number of benzene rings is 2. The SMILES string of the molecule is C=C(Cl)CC(Cl)/C=C(\C)Sc1c(C(C)C)nc(COC=O)n1Cc1ccc(OCP(=CCC)(NC(C)C(=O)OCC)Oc2ccccc2)cc1.CC.CN. The molecular weight excluding hydrogens is 766 g/mol. The number of halogens is 2. The molecule has 3 atom stereocenters. The number of nitrogens with two attached hydrogens (primary N) is 1. The van der Waals surface area contributed by atoms with Crippen molar-refractivity contribution >= 4 is 60.5 Å². The Balaban J connectivity index is 0.00000352. The standard InChI is InChI=1S/C37H48Cl2N3O6PS.C2H6.CH5N/c1-8-19-49(41-29(7)37(44)46-9-2,48-33-13-11-10-12-14-33)25-47-32-17-15-30(16-18-32)22-42-34(23-45-24-43)40-35(26(3)4)36(42)50-28(6)21-31(39)20-27(5)38;2*1-2/h10-19,21,24,26,29,31,41H,5,8-9,20,22-23,25H2,1-4,6-7H3;1-2H3;2H2,1H3/b28-21+;;. The first-order valence-electron chi connectivity index (χ1n) is 18.1. The van der Waals surface area contributed by atoms with Gasteiger partial charge in [-0.3, -0.25) is 14.7 Å². The number of nitrogens with zero attached hydrogens (tertiary/aromatic N) is 2. The van der Waals surface area contributed by atoms with Gasteiger partial charge >= 0.3 is 5.97 Å². The van der Waals surface area contributed by atoms with Crippen molar-refractivity contribution in [3.05, 3.63) is 94.3 Å². The maximum atomic E-state index is 12.6. The van der Waals surface area contributed by atoms with E-state index in [4.69, 9.17) is 46.9 Å². The van der Waals surface area contributed by atoms with E-state index in [0.29, 0.717) is 48.2 Å². The normalized spacial score (nSPS) is 13.2. The molecule has 14 heteroatoms. The summed E-state index contributed by atoms with van der Waals surface area (Å²) in [5.74, 6) is 3.78. The van der Waals surface area contributed by atoms with Gasteiger partial charge in [0.2, 0.25) is 0 Å². The van der Waals surface area contributed by atoms with Crippen molar-refractivity contribution in [3.8, 4) is 11.5 Å². The number of esters is 1. The Labute approximate surface area is 337 Å². The first-order valence-corrected chi connectivity index (χ1v) is 21.7. The molecular formula is C40H59Cl2N4O6PS. The van der Waals surface area contributed by atoms with E-state index < -0.39 is 13.3 Å². The molecule has 3 aromatic rings. The summed E-state index contributed by atoms with van der Waals surface area (Å²) in [4.78, 5) is 29.6. The molecule has 1 aromatic heterocycles. The zero-order chi connectivity index (χ0) is 40.7. The number of imidazole rings is 1. The lowest BCUT2D eigenvalue weighted by molar-refractivity contribution is -0.144. The summed E-state index contributed by atoms with van der Waals surface area (Å²) in [6, 6.07) is 16.7. The second kappa shape index (κ2) is 26.6. The third kappa shape index (κ3) is 16.7. The highest BCUT2D eigenvalue weighted by atomic mass is 35.5. The molecule has 0 aliphatic carbocycles. The Morgan fingerprint density at radius 1 is 1.07 bits per heavy atom. The topological polar surface area (TPSA) is 127 Å². The fraction of sp³-hybridized carbons (Fsp3) is 0.450. The predicted octanol–water partition coefficient (Wildman–Crippen LogP) is 10.1. The molecule has 0 saturated carbocycles. The smallest absolute Gasteiger partial charge is 0.323 e. The number of thioether (sulfide) groups is 1. The molecule has 0 spiro atoms. The van der Waals surface area contributed by atoms with E-state index in [1.165, 1.54) is 7.05 Å². The average Bonchev–Trinajstić information content (AvgIpc) is 3.48. The second-order valence-corrected chi connectivity index (χ2v) is 16.8. The van der Waals surface area contributed by atoms with Gasteiger partial charge in [-0.2, -0.15) is 0 Å². The third-order valence-electron chi connectivity index (χ3n) is 7.17. The summed E-state index contributed by atoms with van der Waals surface area (Å²) >= 11 is 14.1. The minimum absolute atomic E-state index is 0.0380. The molecule has 3 rings (SSSR count). The van der Waals surface area contributed by atoms with E-state index >= 15 is 0 Å². The maximum absolute atomic E-state index is 12.6. The van der Waals surface area contributed by atoms with Gasteiger partial charge < -0.3 is 29.0 Å². The molecule has 0 aliphatic heterocycles. The highest BCUT2D eigenvalue weighted by molar-refractivity contribution is 8.03. The Kier molecular flexibility index (Phi) is 24.1. The van der Waals surface area contributed by atoms with Crippen LogP contribution >= 0.6 is 42.2 Å². The van der Waals surface area contributed by atoms with Gasteiger partial charge in [0, 0.05) is 18.0 Å². The van der Waals surface area contributed by atoms with Crippen molar-refractivity contribution in [1.82, 2.24) is 14.6 Å². The lowest BCUT2D eigenvalue weighted by Gasteiger charge is -2.30. The zero-order valence-electron chi connectivity index (χ0n) is 33.1. The minimum atomic E-state index is -2.63. The van der Waals surface area contributed by atoms with Gasteiger partial charge in [-0.05, 0) is 80.7 Å². The van der Waals surface area contributed by atoms with Crippen molar-refractivity contribution in [3.63, 3.8) is 0 Å². The van der Waals surface area contributed by atoms with Crippen LogP contribution in [-0.2, 0) is 32.2 Å². The molecule has 0 amide bonds. The molecule has 300 valence electrons. The van der Waals surface area contributed by atoms with Crippen LogP contribution < -0.4 is 20.1 Å². The maximum Gasteiger partial charge on any atom is 0.323 e. The van der Waals surface area contributed by atoms with Crippen LogP contribution in [0.2, 0.25) is 0 Å². The number of allylic oxidation sites excluding steroid dienone is 3. The van der Waals surface area contributed by atoms with Crippen molar-refractivity contribution in [2.75, 3.05) is 20.0 Å². The van der Waals surface area contributed by atoms with Gasteiger partial charge in [0.1, 0.15) is 42.3 Å². The number of para-hydroxylation sites is 1. The fourth-order valence-corrected chi connectivity index (χ4v) is 9.52. The zero-order valence-corrected chi connectivity index (χ0v) is 36.4. The highest BCUT2D eigenvalue weighted by Gasteiger charge is 2.27. The highest BCUT2D eigenvalue weighted by Crippen LogP contribution is 2.45. The van der Waals surface area contributed by atoms with Crippen molar-refractivity contribution in [1.29, 1.82) is 0 Å². The summed E-state index contributed by atoms with van der Waals surface area (Å²) in [5, 5.41) is 4.56. The molecule has 0 radical (unpaired) electrons. The second-order valence-electron chi connectivity index (χ2n) is 11.8. The first-order chi connectivity index (χ1) is 25.9. The van der Waals surface area contributed by atoms with E-state index in [0.717, 1.165) is 21.2 Å². The predicted molar refractivity (Wildman–Crippen MR) is 228 cm³/mol. The summed E-state index contributed by atoms with van der Waals surface area (Å²) in [6.07, 6.45) is 3.31. The molecule has 0 fully saturated rings. The molecule has 2 aromatic carbocycles.